The lowest BCUT2D eigenvalue weighted by molar-refractivity contribution is 0.604. The SMILES string of the molecule is CNC(c1cc(C)c(F)c(C)c1)c1cccc(Cl)c1Cl. The Morgan fingerprint density at radius 1 is 1.10 bits per heavy atom. The summed E-state index contributed by atoms with van der Waals surface area (Å²) in [4.78, 5) is 0. The molecule has 1 atom stereocenters. The van der Waals surface area contributed by atoms with Crippen LogP contribution in [0, 0.1) is 19.7 Å². The Kier molecular flexibility index (Phi) is 4.69. The summed E-state index contributed by atoms with van der Waals surface area (Å²) in [6.45, 7) is 3.52. The van der Waals surface area contributed by atoms with Crippen LogP contribution in [0.3, 0.4) is 0 Å². The van der Waals surface area contributed by atoms with Gasteiger partial charge in [0, 0.05) is 0 Å². The average Bonchev–Trinajstić information content (AvgIpc) is 2.41. The molecule has 0 aromatic heterocycles. The van der Waals surface area contributed by atoms with Crippen LogP contribution >= 0.6 is 23.2 Å². The van der Waals surface area contributed by atoms with Crippen molar-refractivity contribution in [2.75, 3.05) is 7.05 Å². The van der Waals surface area contributed by atoms with E-state index in [9.17, 15) is 4.39 Å². The number of nitrogens with one attached hydrogen (secondary N) is 1. The zero-order valence-corrected chi connectivity index (χ0v) is 13.1. The van der Waals surface area contributed by atoms with E-state index in [4.69, 9.17) is 23.2 Å². The monoisotopic (exact) mass is 311 g/mol. The van der Waals surface area contributed by atoms with E-state index in [1.807, 2.05) is 31.3 Å². The molecule has 0 bridgehead atoms. The molecular weight excluding hydrogens is 296 g/mol. The van der Waals surface area contributed by atoms with Gasteiger partial charge in [-0.2, -0.15) is 0 Å². The van der Waals surface area contributed by atoms with Crippen LogP contribution in [0.25, 0.3) is 0 Å². The van der Waals surface area contributed by atoms with E-state index in [0.29, 0.717) is 21.2 Å². The van der Waals surface area contributed by atoms with Gasteiger partial charge in [0.1, 0.15) is 5.82 Å². The van der Waals surface area contributed by atoms with Gasteiger partial charge in [-0.3, -0.25) is 0 Å². The van der Waals surface area contributed by atoms with Crippen molar-refractivity contribution in [3.05, 3.63) is 68.4 Å². The maximum absolute atomic E-state index is 13.8. The lowest BCUT2D eigenvalue weighted by Gasteiger charge is -2.20. The third kappa shape index (κ3) is 2.83. The fraction of sp³-hybridized carbons (Fsp3) is 0.250. The Labute approximate surface area is 128 Å². The number of hydrogen-bond acceptors (Lipinski definition) is 1. The molecule has 0 aliphatic rings. The van der Waals surface area contributed by atoms with E-state index >= 15 is 0 Å². The Morgan fingerprint density at radius 2 is 1.70 bits per heavy atom. The molecule has 0 radical (unpaired) electrons. The molecule has 2 aromatic rings. The first-order valence-corrected chi connectivity index (χ1v) is 7.09. The highest BCUT2D eigenvalue weighted by Gasteiger charge is 2.18. The minimum atomic E-state index is -0.166. The Morgan fingerprint density at radius 3 is 2.25 bits per heavy atom. The van der Waals surface area contributed by atoms with Crippen molar-refractivity contribution < 1.29 is 4.39 Å². The fourth-order valence-electron chi connectivity index (χ4n) is 2.39. The van der Waals surface area contributed by atoms with Crippen LogP contribution in [-0.4, -0.2) is 7.05 Å². The zero-order chi connectivity index (χ0) is 14.9. The maximum Gasteiger partial charge on any atom is 0.129 e. The Bertz CT molecular complexity index is 617. The minimum absolute atomic E-state index is 0.126. The smallest absolute Gasteiger partial charge is 0.129 e. The predicted molar refractivity (Wildman–Crippen MR) is 83.2 cm³/mol. The molecular formula is C16H16Cl2FN. The summed E-state index contributed by atoms with van der Waals surface area (Å²) in [7, 11) is 1.84. The highest BCUT2D eigenvalue weighted by Crippen LogP contribution is 2.34. The highest BCUT2D eigenvalue weighted by atomic mass is 35.5. The molecule has 0 saturated heterocycles. The molecule has 20 heavy (non-hydrogen) atoms. The van der Waals surface area contributed by atoms with Crippen molar-refractivity contribution >= 4 is 23.2 Å². The summed E-state index contributed by atoms with van der Waals surface area (Å²) < 4.78 is 13.8. The van der Waals surface area contributed by atoms with Crippen LogP contribution < -0.4 is 5.32 Å². The molecule has 0 heterocycles. The largest absolute Gasteiger partial charge is 0.309 e. The number of halogens is 3. The molecule has 0 saturated carbocycles. The van der Waals surface area contributed by atoms with Gasteiger partial charge in [0.25, 0.3) is 0 Å². The molecule has 2 aromatic carbocycles. The summed E-state index contributed by atoms with van der Waals surface area (Å²) in [5, 5.41) is 4.25. The van der Waals surface area contributed by atoms with Gasteiger partial charge < -0.3 is 5.32 Å². The van der Waals surface area contributed by atoms with E-state index in [1.54, 1.807) is 19.9 Å². The van der Waals surface area contributed by atoms with Gasteiger partial charge in [0.2, 0.25) is 0 Å². The Hall–Kier alpha value is -1.09. The normalized spacial score (nSPS) is 12.5. The second kappa shape index (κ2) is 6.13. The molecule has 0 spiro atoms. The van der Waals surface area contributed by atoms with E-state index in [0.717, 1.165) is 11.1 Å². The van der Waals surface area contributed by atoms with E-state index in [1.165, 1.54) is 0 Å². The summed E-state index contributed by atoms with van der Waals surface area (Å²) in [6.07, 6.45) is 0. The van der Waals surface area contributed by atoms with Gasteiger partial charge in [-0.25, -0.2) is 4.39 Å². The Balaban J connectivity index is 2.55. The zero-order valence-electron chi connectivity index (χ0n) is 11.6. The van der Waals surface area contributed by atoms with Gasteiger partial charge in [-0.1, -0.05) is 47.5 Å². The maximum atomic E-state index is 13.8. The van der Waals surface area contributed by atoms with Crippen LogP contribution in [0.2, 0.25) is 10.0 Å². The van der Waals surface area contributed by atoms with Crippen molar-refractivity contribution in [2.45, 2.75) is 19.9 Å². The first kappa shape index (κ1) is 15.3. The summed E-state index contributed by atoms with van der Waals surface area (Å²) >= 11 is 12.4. The van der Waals surface area contributed by atoms with Crippen LogP contribution in [-0.2, 0) is 0 Å². The van der Waals surface area contributed by atoms with Crippen LogP contribution in [0.15, 0.2) is 30.3 Å². The lowest BCUT2D eigenvalue weighted by Crippen LogP contribution is -2.18. The van der Waals surface area contributed by atoms with E-state index in [2.05, 4.69) is 5.32 Å². The summed E-state index contributed by atoms with van der Waals surface area (Å²) in [6, 6.07) is 9.07. The first-order valence-electron chi connectivity index (χ1n) is 6.33. The number of benzene rings is 2. The molecule has 1 N–H and O–H groups in total. The van der Waals surface area contributed by atoms with Crippen LogP contribution in [0.5, 0.6) is 0 Å². The third-order valence-electron chi connectivity index (χ3n) is 3.37. The number of rotatable bonds is 3. The molecule has 2 rings (SSSR count). The number of hydrogen-bond donors (Lipinski definition) is 1. The van der Waals surface area contributed by atoms with Gasteiger partial charge in [0.05, 0.1) is 16.1 Å². The van der Waals surface area contributed by atoms with Gasteiger partial charge in [0.15, 0.2) is 0 Å². The molecule has 0 amide bonds. The van der Waals surface area contributed by atoms with Crippen molar-refractivity contribution in [1.82, 2.24) is 5.32 Å². The van der Waals surface area contributed by atoms with Crippen LogP contribution in [0.4, 0.5) is 4.39 Å². The molecule has 1 nitrogen and oxygen atoms in total. The lowest BCUT2D eigenvalue weighted by atomic mass is 9.95. The summed E-state index contributed by atoms with van der Waals surface area (Å²) in [5.74, 6) is -0.166. The highest BCUT2D eigenvalue weighted by molar-refractivity contribution is 6.42. The van der Waals surface area contributed by atoms with E-state index in [-0.39, 0.29) is 11.9 Å². The van der Waals surface area contributed by atoms with Gasteiger partial charge in [-0.05, 0) is 49.2 Å². The van der Waals surface area contributed by atoms with Crippen molar-refractivity contribution in [3.8, 4) is 0 Å². The molecule has 0 fully saturated rings. The van der Waals surface area contributed by atoms with Crippen molar-refractivity contribution in [2.24, 2.45) is 0 Å². The second-order valence-electron chi connectivity index (χ2n) is 4.83. The minimum Gasteiger partial charge on any atom is -0.309 e. The first-order chi connectivity index (χ1) is 9.45. The van der Waals surface area contributed by atoms with Gasteiger partial charge >= 0.3 is 0 Å². The summed E-state index contributed by atoms with van der Waals surface area (Å²) in [5.41, 5.74) is 3.09. The molecule has 0 aliphatic carbocycles. The third-order valence-corrected chi connectivity index (χ3v) is 4.21. The molecule has 4 heteroatoms. The quantitative estimate of drug-likeness (QED) is 0.835. The topological polar surface area (TPSA) is 12.0 Å². The van der Waals surface area contributed by atoms with Crippen molar-refractivity contribution in [3.63, 3.8) is 0 Å². The second-order valence-corrected chi connectivity index (χ2v) is 5.62. The van der Waals surface area contributed by atoms with Gasteiger partial charge in [-0.15, -0.1) is 0 Å². The molecule has 106 valence electrons. The number of aryl methyl sites for hydroxylation is 2. The molecule has 1 unspecified atom stereocenters. The fourth-order valence-corrected chi connectivity index (χ4v) is 2.81. The standard InChI is InChI=1S/C16H16Cl2FN/c1-9-7-11(8-10(2)15(9)19)16(20-3)12-5-4-6-13(17)14(12)18/h4-8,16,20H,1-3H3. The predicted octanol–water partition coefficient (Wildman–Crippen LogP) is 5.06. The molecule has 0 aliphatic heterocycles. The van der Waals surface area contributed by atoms with E-state index < -0.39 is 0 Å². The average molecular weight is 312 g/mol. The van der Waals surface area contributed by atoms with Crippen molar-refractivity contribution in [1.29, 1.82) is 0 Å². The van der Waals surface area contributed by atoms with Crippen LogP contribution in [0.1, 0.15) is 28.3 Å².